The van der Waals surface area contributed by atoms with Crippen molar-refractivity contribution in [3.05, 3.63) is 29.8 Å². The number of aryl methyl sites for hydroxylation is 1. The van der Waals surface area contributed by atoms with Crippen molar-refractivity contribution in [3.8, 4) is 0 Å². The number of benzene rings is 1. The molecule has 0 aromatic heterocycles. The Labute approximate surface area is 238 Å². The molecule has 9 atom stereocenters. The van der Waals surface area contributed by atoms with Crippen molar-refractivity contribution < 1.29 is 17.7 Å². The summed E-state index contributed by atoms with van der Waals surface area (Å²) >= 11 is 0. The Morgan fingerprint density at radius 2 is 1.64 bits per heavy atom. The third-order valence-electron chi connectivity index (χ3n) is 12.5. The first-order valence-electron chi connectivity index (χ1n) is 16.0. The van der Waals surface area contributed by atoms with Crippen LogP contribution in [0.15, 0.2) is 29.2 Å². The van der Waals surface area contributed by atoms with E-state index in [-0.39, 0.29) is 10.3 Å². The maximum atomic E-state index is 13.0. The van der Waals surface area contributed by atoms with Crippen molar-refractivity contribution in [1.29, 1.82) is 0 Å². The van der Waals surface area contributed by atoms with Gasteiger partial charge in [0, 0.05) is 6.42 Å². The van der Waals surface area contributed by atoms with Gasteiger partial charge in [-0.05, 0) is 117 Å². The first-order chi connectivity index (χ1) is 18.3. The zero-order valence-electron chi connectivity index (χ0n) is 25.4. The summed E-state index contributed by atoms with van der Waals surface area (Å²) in [6, 6.07) is 6.85. The molecule has 4 nitrogen and oxygen atoms in total. The molecule has 0 bridgehead atoms. The molecular weight excluding hydrogens is 504 g/mol. The third kappa shape index (κ3) is 5.27. The number of hydrogen-bond acceptors (Lipinski definition) is 4. The van der Waals surface area contributed by atoms with Crippen LogP contribution in [0, 0.1) is 53.3 Å². The molecular formula is C34H54O4S. The normalized spacial score (nSPS) is 41.1. The molecule has 220 valence electrons. The van der Waals surface area contributed by atoms with Crippen molar-refractivity contribution in [2.24, 2.45) is 46.3 Å². The van der Waals surface area contributed by atoms with Crippen molar-refractivity contribution >= 4 is 10.1 Å². The van der Waals surface area contributed by atoms with Crippen LogP contribution < -0.4 is 0 Å². The number of aliphatic hydroxyl groups is 1. The lowest BCUT2D eigenvalue weighted by atomic mass is 9.43. The summed E-state index contributed by atoms with van der Waals surface area (Å²) < 4.78 is 31.8. The molecule has 4 aliphatic carbocycles. The maximum Gasteiger partial charge on any atom is 0.297 e. The quantitative estimate of drug-likeness (QED) is 0.326. The maximum absolute atomic E-state index is 13.0. The highest BCUT2D eigenvalue weighted by molar-refractivity contribution is 7.86. The number of rotatable bonds is 8. The van der Waals surface area contributed by atoms with Gasteiger partial charge < -0.3 is 5.11 Å². The highest BCUT2D eigenvalue weighted by Crippen LogP contribution is 2.69. The molecule has 39 heavy (non-hydrogen) atoms. The van der Waals surface area contributed by atoms with E-state index >= 15 is 0 Å². The van der Waals surface area contributed by atoms with Gasteiger partial charge in [-0.25, -0.2) is 0 Å². The SMILES string of the molecule is Cc1ccc(S(=O)(=O)O[C@@H]2CC[C@]3(C)[C@@H]4CC[C@]5(C)[C@H](CC[C@@H]5[C@H](C)CCCC(C)C)[C@@H]4CC[C@@]3(O)C2)cc1. The van der Waals surface area contributed by atoms with Crippen molar-refractivity contribution in [1.82, 2.24) is 0 Å². The van der Waals surface area contributed by atoms with Crippen LogP contribution >= 0.6 is 0 Å². The van der Waals surface area contributed by atoms with E-state index in [4.69, 9.17) is 4.18 Å². The first-order valence-corrected chi connectivity index (χ1v) is 17.4. The number of fused-ring (bicyclic) bond motifs is 5. The molecule has 1 N–H and O–H groups in total. The Hall–Kier alpha value is -0.910. The second-order valence-electron chi connectivity index (χ2n) is 15.1. The lowest BCUT2D eigenvalue weighted by Crippen LogP contribution is -2.63. The van der Waals surface area contributed by atoms with Crippen LogP contribution in [0.3, 0.4) is 0 Å². The van der Waals surface area contributed by atoms with E-state index in [9.17, 15) is 13.5 Å². The minimum absolute atomic E-state index is 0.161. The van der Waals surface area contributed by atoms with E-state index in [1.165, 1.54) is 44.9 Å². The average molecular weight is 559 g/mol. The fourth-order valence-electron chi connectivity index (χ4n) is 10.3. The minimum Gasteiger partial charge on any atom is -0.389 e. The predicted molar refractivity (Wildman–Crippen MR) is 158 cm³/mol. The summed E-state index contributed by atoms with van der Waals surface area (Å²) in [4.78, 5) is 0.206. The number of hydrogen-bond donors (Lipinski definition) is 1. The molecule has 5 rings (SSSR count). The summed E-state index contributed by atoms with van der Waals surface area (Å²) in [6.45, 7) is 14.1. The average Bonchev–Trinajstić information content (AvgIpc) is 3.22. The molecule has 4 saturated carbocycles. The van der Waals surface area contributed by atoms with Gasteiger partial charge in [0.25, 0.3) is 10.1 Å². The van der Waals surface area contributed by atoms with Gasteiger partial charge in [0.1, 0.15) is 0 Å². The molecule has 0 heterocycles. The van der Waals surface area contributed by atoms with Gasteiger partial charge >= 0.3 is 0 Å². The molecule has 0 spiro atoms. The lowest BCUT2D eigenvalue weighted by molar-refractivity contribution is -0.217. The highest BCUT2D eigenvalue weighted by Gasteiger charge is 2.65. The Morgan fingerprint density at radius 1 is 0.923 bits per heavy atom. The van der Waals surface area contributed by atoms with E-state index in [1.54, 1.807) is 24.3 Å². The fraction of sp³-hybridized carbons (Fsp3) is 0.824. The zero-order chi connectivity index (χ0) is 28.2. The van der Waals surface area contributed by atoms with Gasteiger partial charge in [0.05, 0.1) is 16.6 Å². The molecule has 0 aliphatic heterocycles. The molecule has 0 radical (unpaired) electrons. The van der Waals surface area contributed by atoms with E-state index < -0.39 is 21.8 Å². The zero-order valence-corrected chi connectivity index (χ0v) is 26.2. The van der Waals surface area contributed by atoms with Crippen LogP contribution in [0.5, 0.6) is 0 Å². The fourth-order valence-corrected chi connectivity index (χ4v) is 11.4. The molecule has 0 amide bonds. The van der Waals surface area contributed by atoms with Crippen molar-refractivity contribution in [3.63, 3.8) is 0 Å². The van der Waals surface area contributed by atoms with Gasteiger partial charge in [0.2, 0.25) is 0 Å². The van der Waals surface area contributed by atoms with Crippen molar-refractivity contribution in [2.45, 2.75) is 135 Å². The van der Waals surface area contributed by atoms with Crippen LogP contribution in [0.1, 0.15) is 117 Å². The molecule has 4 aliphatic rings. The molecule has 5 heteroatoms. The van der Waals surface area contributed by atoms with E-state index in [1.807, 2.05) is 6.92 Å². The van der Waals surface area contributed by atoms with Gasteiger partial charge in [-0.1, -0.05) is 71.6 Å². The van der Waals surface area contributed by atoms with Crippen molar-refractivity contribution in [2.75, 3.05) is 0 Å². The Kier molecular flexibility index (Phi) is 8.14. The standard InChI is InChI=1S/C34H54O4S/c1-23(2)8-7-9-25(4)29-14-15-30-28-17-21-34(35)22-26(38-39(36,37)27-12-10-24(3)11-13-27)16-20-33(34,6)31(28)18-19-32(29,30)5/h10-13,23,25-26,28-31,35H,7-9,14-22H2,1-6H3/t25-,26-,28+,29-,30-,31-,32+,33-,34-/m1/s1. The summed E-state index contributed by atoms with van der Waals surface area (Å²) in [6.07, 6.45) is 12.6. The van der Waals surface area contributed by atoms with Crippen LogP contribution in [0.25, 0.3) is 0 Å². The monoisotopic (exact) mass is 558 g/mol. The third-order valence-corrected chi connectivity index (χ3v) is 13.9. The second kappa shape index (κ2) is 10.7. The summed E-state index contributed by atoms with van der Waals surface area (Å²) in [5, 5.41) is 12.2. The summed E-state index contributed by atoms with van der Waals surface area (Å²) in [5.74, 6) is 4.42. The minimum atomic E-state index is -3.84. The van der Waals surface area contributed by atoms with Gasteiger partial charge in [0.15, 0.2) is 0 Å². The Bertz CT molecular complexity index is 1110. The van der Waals surface area contributed by atoms with Crippen LogP contribution in [0.4, 0.5) is 0 Å². The van der Waals surface area contributed by atoms with Gasteiger partial charge in [-0.15, -0.1) is 0 Å². The van der Waals surface area contributed by atoms with E-state index in [2.05, 4.69) is 34.6 Å². The summed E-state index contributed by atoms with van der Waals surface area (Å²) in [5.41, 5.74) is 0.444. The first kappa shape index (κ1) is 29.6. The molecule has 1 aromatic carbocycles. The lowest BCUT2D eigenvalue weighted by Gasteiger charge is -2.64. The van der Waals surface area contributed by atoms with Gasteiger partial charge in [-0.3, -0.25) is 4.18 Å². The molecule has 4 fully saturated rings. The predicted octanol–water partition coefficient (Wildman–Crippen LogP) is 8.31. The smallest absolute Gasteiger partial charge is 0.297 e. The van der Waals surface area contributed by atoms with E-state index in [0.717, 1.165) is 48.5 Å². The topological polar surface area (TPSA) is 63.6 Å². The molecule has 0 saturated heterocycles. The van der Waals surface area contributed by atoms with Crippen LogP contribution in [0.2, 0.25) is 0 Å². The summed E-state index contributed by atoms with van der Waals surface area (Å²) in [7, 11) is -3.84. The van der Waals surface area contributed by atoms with E-state index in [0.29, 0.717) is 30.1 Å². The van der Waals surface area contributed by atoms with Crippen LogP contribution in [-0.4, -0.2) is 25.2 Å². The Morgan fingerprint density at radius 3 is 2.33 bits per heavy atom. The second-order valence-corrected chi connectivity index (χ2v) is 16.7. The Balaban J connectivity index is 1.27. The highest BCUT2D eigenvalue weighted by atomic mass is 32.2. The molecule has 0 unspecified atom stereocenters. The van der Waals surface area contributed by atoms with Gasteiger partial charge in [-0.2, -0.15) is 8.42 Å². The largest absolute Gasteiger partial charge is 0.389 e. The molecule has 1 aromatic rings. The van der Waals surface area contributed by atoms with Crippen LogP contribution in [-0.2, 0) is 14.3 Å².